The first-order chi connectivity index (χ1) is 26.2. The van der Waals surface area contributed by atoms with Crippen molar-refractivity contribution in [3.8, 4) is 28.4 Å². The van der Waals surface area contributed by atoms with Crippen molar-refractivity contribution < 1.29 is 23.1 Å². The molecule has 0 radical (unpaired) electrons. The van der Waals surface area contributed by atoms with Gasteiger partial charge in [0.2, 0.25) is 11.9 Å². The van der Waals surface area contributed by atoms with E-state index in [2.05, 4.69) is 73.5 Å². The molecule has 0 aliphatic rings. The van der Waals surface area contributed by atoms with E-state index in [1.54, 1.807) is 38.6 Å². The molecule has 55 heavy (non-hydrogen) atoms. The fraction of sp³-hybridized carbons (Fsp3) is 0.463. The van der Waals surface area contributed by atoms with E-state index in [4.69, 9.17) is 23.9 Å². The number of halogens is 1. The number of carbonyl (C=O) groups is 1. The van der Waals surface area contributed by atoms with Gasteiger partial charge in [-0.2, -0.15) is 0 Å². The lowest BCUT2D eigenvalue weighted by atomic mass is 10.1. The zero-order valence-corrected chi connectivity index (χ0v) is 35.4. The third-order valence-corrected chi connectivity index (χ3v) is 16.1. The molecule has 2 aromatic carbocycles. The summed E-state index contributed by atoms with van der Waals surface area (Å²) in [5.41, 5.74) is 5.83. The number of aromatic nitrogens is 4. The molecule has 0 bridgehead atoms. The van der Waals surface area contributed by atoms with E-state index in [1.165, 1.54) is 18.2 Å². The van der Waals surface area contributed by atoms with Crippen molar-refractivity contribution in [3.63, 3.8) is 0 Å². The van der Waals surface area contributed by atoms with E-state index < -0.39 is 8.32 Å². The van der Waals surface area contributed by atoms with Crippen LogP contribution in [-0.2, 0) is 27.1 Å². The maximum absolute atomic E-state index is 14.2. The topological polar surface area (TPSA) is 119 Å². The molecule has 298 valence electrons. The number of amides is 1. The van der Waals surface area contributed by atoms with Crippen LogP contribution < -0.4 is 20.3 Å². The van der Waals surface area contributed by atoms with Gasteiger partial charge in [-0.05, 0) is 73.2 Å². The largest absolute Gasteiger partial charge is 0.494 e. The zero-order valence-electron chi connectivity index (χ0n) is 34.4. The van der Waals surface area contributed by atoms with Crippen LogP contribution >= 0.6 is 0 Å². The summed E-state index contributed by atoms with van der Waals surface area (Å²) >= 11 is 0. The van der Waals surface area contributed by atoms with Crippen LogP contribution in [0.15, 0.2) is 61.3 Å². The summed E-state index contributed by atoms with van der Waals surface area (Å²) in [6.07, 6.45) is 3.43. The number of anilines is 4. The second-order valence-corrected chi connectivity index (χ2v) is 20.3. The Morgan fingerprint density at radius 2 is 1.64 bits per heavy atom. The minimum absolute atomic E-state index is 0.204. The molecule has 2 aromatic heterocycles. The van der Waals surface area contributed by atoms with Crippen LogP contribution in [0.3, 0.4) is 0 Å². The van der Waals surface area contributed by atoms with Gasteiger partial charge < -0.3 is 38.9 Å². The van der Waals surface area contributed by atoms with Gasteiger partial charge in [0.1, 0.15) is 24.1 Å². The Hall–Kier alpha value is -4.63. The van der Waals surface area contributed by atoms with Gasteiger partial charge in [0, 0.05) is 58.1 Å². The molecule has 0 spiro atoms. The number of carbonyl (C=O) groups excluding carboxylic acids is 1. The van der Waals surface area contributed by atoms with Gasteiger partial charge >= 0.3 is 0 Å². The molecular weight excluding hydrogens is 716 g/mol. The minimum atomic E-state index is -2.13. The molecule has 0 atom stereocenters. The van der Waals surface area contributed by atoms with E-state index in [-0.39, 0.29) is 24.4 Å². The summed E-state index contributed by atoms with van der Waals surface area (Å²) in [6.45, 7) is 19.5. The van der Waals surface area contributed by atoms with Crippen molar-refractivity contribution in [2.24, 2.45) is 0 Å². The second-order valence-electron chi connectivity index (χ2n) is 14.9. The smallest absolute Gasteiger partial charge is 0.247 e. The quantitative estimate of drug-likeness (QED) is 0.0670. The molecule has 0 fully saturated rings. The molecular formula is C41H59FN8O4Si. The standard InChI is InChI=1S/C41H59FN8O4Si/c1-13-38(51)44-33-24-34(36(53-12)25-35(33)49(10)22-21-48(8)9)46-41-43-20-18-32(45-41)40-39(30-14-16-31(42)17-15-30)47-37(50(40)26-52-11)19-23-54-55(27(2)3,28(4)5)29(6)7/h13-18,20,24-25,27-29H,1,19,21-23,26H2,2-12H3,(H,44,51)(H,43,45,46). The van der Waals surface area contributed by atoms with Crippen molar-refractivity contribution in [3.05, 3.63) is 73.0 Å². The van der Waals surface area contributed by atoms with E-state index in [0.29, 0.717) is 70.4 Å². The number of likely N-dealkylation sites (N-methyl/N-ethyl adjacent to an activating group) is 2. The molecule has 0 aliphatic carbocycles. The predicted octanol–water partition coefficient (Wildman–Crippen LogP) is 8.36. The highest BCUT2D eigenvalue weighted by atomic mass is 28.4. The molecule has 0 saturated heterocycles. The van der Waals surface area contributed by atoms with Gasteiger partial charge in [-0.1, -0.05) is 48.1 Å². The Kier molecular flexibility index (Phi) is 15.1. The first-order valence-electron chi connectivity index (χ1n) is 18.8. The van der Waals surface area contributed by atoms with Crippen molar-refractivity contribution >= 4 is 37.2 Å². The summed E-state index contributed by atoms with van der Waals surface area (Å²) < 4.78 is 34.6. The van der Waals surface area contributed by atoms with Crippen LogP contribution in [0.1, 0.15) is 47.4 Å². The van der Waals surface area contributed by atoms with Crippen LogP contribution in [0.25, 0.3) is 22.6 Å². The summed E-state index contributed by atoms with van der Waals surface area (Å²) in [5.74, 6) is 0.894. The van der Waals surface area contributed by atoms with E-state index >= 15 is 0 Å². The van der Waals surface area contributed by atoms with Gasteiger partial charge in [-0.25, -0.2) is 19.3 Å². The second kappa shape index (κ2) is 19.3. The maximum atomic E-state index is 14.2. The van der Waals surface area contributed by atoms with Gasteiger partial charge in [0.05, 0.1) is 41.3 Å². The van der Waals surface area contributed by atoms with Gasteiger partial charge in [-0.15, -0.1) is 0 Å². The molecule has 2 N–H and O–H groups in total. The Balaban J connectivity index is 1.80. The number of hydrogen-bond acceptors (Lipinski definition) is 10. The highest BCUT2D eigenvalue weighted by Crippen LogP contribution is 2.43. The Morgan fingerprint density at radius 1 is 0.964 bits per heavy atom. The molecule has 1 amide bonds. The molecule has 14 heteroatoms. The zero-order chi connectivity index (χ0) is 40.4. The summed E-state index contributed by atoms with van der Waals surface area (Å²) in [6, 6.07) is 11.8. The predicted molar refractivity (Wildman–Crippen MR) is 223 cm³/mol. The fourth-order valence-corrected chi connectivity index (χ4v) is 12.9. The third-order valence-electron chi connectivity index (χ3n) is 10.0. The van der Waals surface area contributed by atoms with Crippen molar-refractivity contribution in [1.82, 2.24) is 24.4 Å². The number of nitrogens with zero attached hydrogens (tertiary/aromatic N) is 6. The van der Waals surface area contributed by atoms with Crippen LogP contribution in [-0.4, -0.2) is 93.7 Å². The van der Waals surface area contributed by atoms with E-state index in [9.17, 15) is 9.18 Å². The van der Waals surface area contributed by atoms with Crippen LogP contribution in [0.2, 0.25) is 16.6 Å². The van der Waals surface area contributed by atoms with Gasteiger partial charge in [-0.3, -0.25) is 4.79 Å². The summed E-state index contributed by atoms with van der Waals surface area (Å²) in [5, 5.41) is 6.25. The maximum Gasteiger partial charge on any atom is 0.247 e. The van der Waals surface area contributed by atoms with Crippen molar-refractivity contribution in [2.45, 2.75) is 71.3 Å². The van der Waals surface area contributed by atoms with E-state index in [0.717, 1.165) is 23.6 Å². The first kappa shape index (κ1) is 43.1. The molecule has 0 saturated carbocycles. The Morgan fingerprint density at radius 3 is 2.22 bits per heavy atom. The molecule has 12 nitrogen and oxygen atoms in total. The van der Waals surface area contributed by atoms with Crippen LogP contribution in [0.4, 0.5) is 27.4 Å². The highest BCUT2D eigenvalue weighted by Gasteiger charge is 2.45. The average Bonchev–Trinajstić information content (AvgIpc) is 3.50. The van der Waals surface area contributed by atoms with Crippen molar-refractivity contribution in [2.75, 3.05) is 70.6 Å². The Labute approximate surface area is 327 Å². The minimum Gasteiger partial charge on any atom is -0.494 e. The third kappa shape index (κ3) is 10.2. The number of ether oxygens (including phenoxy) is 2. The van der Waals surface area contributed by atoms with Gasteiger partial charge in [0.25, 0.3) is 0 Å². The first-order valence-corrected chi connectivity index (χ1v) is 20.9. The van der Waals surface area contributed by atoms with Gasteiger partial charge in [0.15, 0.2) is 8.32 Å². The lowest BCUT2D eigenvalue weighted by Crippen LogP contribution is -2.48. The average molecular weight is 775 g/mol. The Bertz CT molecular complexity index is 1880. The highest BCUT2D eigenvalue weighted by molar-refractivity contribution is 6.77. The number of benzene rings is 2. The molecule has 4 aromatic rings. The summed E-state index contributed by atoms with van der Waals surface area (Å²) in [7, 11) is 7.07. The monoisotopic (exact) mass is 774 g/mol. The van der Waals surface area contributed by atoms with E-state index in [1.807, 2.05) is 37.8 Å². The lowest BCUT2D eigenvalue weighted by molar-refractivity contribution is -0.111. The number of imidazole rings is 1. The number of nitrogens with one attached hydrogen (secondary N) is 2. The molecule has 0 aliphatic heterocycles. The SMILES string of the molecule is C=CC(=O)Nc1cc(Nc2nccc(-c3c(-c4ccc(F)cc4)nc(CCO[Si](C(C)C)(C(C)C)C(C)C)n3COC)n2)c(OC)cc1N(C)CCN(C)C. The van der Waals surface area contributed by atoms with Crippen molar-refractivity contribution in [1.29, 1.82) is 0 Å². The summed E-state index contributed by atoms with van der Waals surface area (Å²) in [4.78, 5) is 31.3. The molecule has 4 rings (SSSR count). The van der Waals surface area contributed by atoms with Crippen LogP contribution in [0, 0.1) is 5.82 Å². The molecule has 2 heterocycles. The number of methoxy groups -OCH3 is 2. The lowest BCUT2D eigenvalue weighted by Gasteiger charge is -2.42. The van der Waals surface area contributed by atoms with Crippen LogP contribution in [0.5, 0.6) is 5.75 Å². The fourth-order valence-electron chi connectivity index (χ4n) is 7.42. The number of hydrogen-bond donors (Lipinski definition) is 2. The number of rotatable bonds is 20. The normalized spacial score (nSPS) is 11.9. The molecule has 0 unspecified atom stereocenters.